The summed E-state index contributed by atoms with van der Waals surface area (Å²) in [6.45, 7) is 6.01. The molecular weight excluding hydrogens is 304 g/mol. The van der Waals surface area contributed by atoms with Gasteiger partial charge in [0.15, 0.2) is 5.69 Å². The number of hydrogen-bond acceptors (Lipinski definition) is 5. The standard InChI is InChI=1S/C18H24N4O2/c1-2-15(19)17-20-16(13-24-17)18(23)22-10-8-21(9-11-22)12-14-6-4-3-5-7-14/h3-7,13,15H,2,8-12,19H2,1H3. The van der Waals surface area contributed by atoms with Gasteiger partial charge in [-0.15, -0.1) is 0 Å². The Balaban J connectivity index is 1.54. The van der Waals surface area contributed by atoms with Gasteiger partial charge in [-0.2, -0.15) is 0 Å². The summed E-state index contributed by atoms with van der Waals surface area (Å²) in [5.74, 6) is 0.358. The van der Waals surface area contributed by atoms with Crippen LogP contribution < -0.4 is 5.73 Å². The van der Waals surface area contributed by atoms with Crippen molar-refractivity contribution in [1.82, 2.24) is 14.8 Å². The molecule has 1 fully saturated rings. The van der Waals surface area contributed by atoms with Crippen molar-refractivity contribution in [2.24, 2.45) is 5.73 Å². The molecule has 1 aliphatic heterocycles. The predicted molar refractivity (Wildman–Crippen MR) is 91.3 cm³/mol. The molecule has 0 radical (unpaired) electrons. The van der Waals surface area contributed by atoms with Gasteiger partial charge in [0.2, 0.25) is 5.89 Å². The van der Waals surface area contributed by atoms with Gasteiger partial charge < -0.3 is 15.1 Å². The normalized spacial score (nSPS) is 17.0. The van der Waals surface area contributed by atoms with Crippen molar-refractivity contribution in [3.05, 3.63) is 53.7 Å². The minimum absolute atomic E-state index is 0.0762. The van der Waals surface area contributed by atoms with Crippen LogP contribution in [0.2, 0.25) is 0 Å². The summed E-state index contributed by atoms with van der Waals surface area (Å²) in [6, 6.07) is 10.1. The van der Waals surface area contributed by atoms with Crippen molar-refractivity contribution in [1.29, 1.82) is 0 Å². The zero-order valence-electron chi connectivity index (χ0n) is 14.0. The van der Waals surface area contributed by atoms with E-state index in [0.717, 1.165) is 26.1 Å². The predicted octanol–water partition coefficient (Wildman–Crippen LogP) is 2.04. The molecule has 2 heterocycles. The van der Waals surface area contributed by atoms with Crippen molar-refractivity contribution >= 4 is 5.91 Å². The monoisotopic (exact) mass is 328 g/mol. The second-order valence-corrected chi connectivity index (χ2v) is 6.14. The fourth-order valence-corrected chi connectivity index (χ4v) is 2.84. The van der Waals surface area contributed by atoms with Crippen molar-refractivity contribution < 1.29 is 9.21 Å². The Labute approximate surface area is 142 Å². The van der Waals surface area contributed by atoms with E-state index in [1.54, 1.807) is 0 Å². The molecule has 2 aromatic rings. The first-order chi connectivity index (χ1) is 11.7. The lowest BCUT2D eigenvalue weighted by atomic mass is 10.2. The number of nitrogens with zero attached hydrogens (tertiary/aromatic N) is 3. The Kier molecular flexibility index (Phi) is 5.27. The Hall–Kier alpha value is -2.18. The first-order valence-corrected chi connectivity index (χ1v) is 8.44. The van der Waals surface area contributed by atoms with E-state index in [1.807, 2.05) is 17.9 Å². The number of benzene rings is 1. The van der Waals surface area contributed by atoms with E-state index in [-0.39, 0.29) is 11.9 Å². The maximum absolute atomic E-state index is 12.5. The summed E-state index contributed by atoms with van der Waals surface area (Å²) >= 11 is 0. The SMILES string of the molecule is CCC(N)c1nc(C(=O)N2CCN(Cc3ccccc3)CC2)co1. The quantitative estimate of drug-likeness (QED) is 0.909. The third kappa shape index (κ3) is 3.83. The molecule has 2 N–H and O–H groups in total. The summed E-state index contributed by atoms with van der Waals surface area (Å²) in [5.41, 5.74) is 7.54. The van der Waals surface area contributed by atoms with Crippen LogP contribution in [-0.2, 0) is 6.54 Å². The second-order valence-electron chi connectivity index (χ2n) is 6.14. The Bertz CT molecular complexity index is 663. The van der Waals surface area contributed by atoms with Crippen LogP contribution >= 0.6 is 0 Å². The van der Waals surface area contributed by atoms with Crippen LogP contribution in [0.25, 0.3) is 0 Å². The smallest absolute Gasteiger partial charge is 0.275 e. The molecule has 1 unspecified atom stereocenters. The highest BCUT2D eigenvalue weighted by atomic mass is 16.3. The highest BCUT2D eigenvalue weighted by Crippen LogP contribution is 2.15. The van der Waals surface area contributed by atoms with Gasteiger partial charge in [-0.1, -0.05) is 37.3 Å². The number of hydrogen-bond donors (Lipinski definition) is 1. The molecule has 0 saturated carbocycles. The molecule has 1 aromatic carbocycles. The number of nitrogens with two attached hydrogens (primary N) is 1. The number of carbonyl (C=O) groups is 1. The fraction of sp³-hybridized carbons (Fsp3) is 0.444. The van der Waals surface area contributed by atoms with E-state index in [0.29, 0.717) is 24.7 Å². The van der Waals surface area contributed by atoms with E-state index in [1.165, 1.54) is 11.8 Å². The van der Waals surface area contributed by atoms with Crippen LogP contribution in [0.5, 0.6) is 0 Å². The molecule has 1 amide bonds. The van der Waals surface area contributed by atoms with Gasteiger partial charge in [0, 0.05) is 32.7 Å². The number of rotatable bonds is 5. The molecule has 1 aromatic heterocycles. The molecule has 24 heavy (non-hydrogen) atoms. The third-order valence-corrected chi connectivity index (χ3v) is 4.41. The van der Waals surface area contributed by atoms with Crippen LogP contribution in [0.3, 0.4) is 0 Å². The van der Waals surface area contributed by atoms with E-state index in [4.69, 9.17) is 10.2 Å². The van der Waals surface area contributed by atoms with Crippen molar-refractivity contribution in [2.75, 3.05) is 26.2 Å². The van der Waals surface area contributed by atoms with Crippen LogP contribution in [0.15, 0.2) is 41.0 Å². The van der Waals surface area contributed by atoms with Gasteiger partial charge in [-0.25, -0.2) is 4.98 Å². The van der Waals surface area contributed by atoms with Gasteiger partial charge in [0.05, 0.1) is 6.04 Å². The molecular formula is C18H24N4O2. The van der Waals surface area contributed by atoms with Crippen LogP contribution in [-0.4, -0.2) is 46.9 Å². The minimum atomic E-state index is -0.255. The third-order valence-electron chi connectivity index (χ3n) is 4.41. The Morgan fingerprint density at radius 1 is 1.25 bits per heavy atom. The molecule has 1 aliphatic rings. The molecule has 3 rings (SSSR count). The van der Waals surface area contributed by atoms with E-state index >= 15 is 0 Å². The number of amides is 1. The van der Waals surface area contributed by atoms with Crippen LogP contribution in [0.1, 0.15) is 41.3 Å². The van der Waals surface area contributed by atoms with Gasteiger partial charge in [0.25, 0.3) is 5.91 Å². The van der Waals surface area contributed by atoms with Crippen LogP contribution in [0.4, 0.5) is 0 Å². The average Bonchev–Trinajstić information content (AvgIpc) is 3.12. The van der Waals surface area contributed by atoms with E-state index < -0.39 is 0 Å². The van der Waals surface area contributed by atoms with Crippen molar-refractivity contribution in [2.45, 2.75) is 25.9 Å². The lowest BCUT2D eigenvalue weighted by Crippen LogP contribution is -2.48. The number of carbonyl (C=O) groups excluding carboxylic acids is 1. The summed E-state index contributed by atoms with van der Waals surface area (Å²) in [6.07, 6.45) is 2.15. The lowest BCUT2D eigenvalue weighted by Gasteiger charge is -2.34. The Morgan fingerprint density at radius 3 is 2.62 bits per heavy atom. The molecule has 6 nitrogen and oxygen atoms in total. The maximum atomic E-state index is 12.5. The second kappa shape index (κ2) is 7.59. The first-order valence-electron chi connectivity index (χ1n) is 8.44. The first kappa shape index (κ1) is 16.7. The van der Waals surface area contributed by atoms with Gasteiger partial charge >= 0.3 is 0 Å². The van der Waals surface area contributed by atoms with E-state index in [9.17, 15) is 4.79 Å². The summed E-state index contributed by atoms with van der Waals surface area (Å²) in [4.78, 5) is 21.0. The van der Waals surface area contributed by atoms with E-state index in [2.05, 4.69) is 34.1 Å². The molecule has 0 aliphatic carbocycles. The number of aromatic nitrogens is 1. The van der Waals surface area contributed by atoms with Crippen molar-refractivity contribution in [3.63, 3.8) is 0 Å². The summed E-state index contributed by atoms with van der Waals surface area (Å²) in [7, 11) is 0. The number of piperazine rings is 1. The highest BCUT2D eigenvalue weighted by molar-refractivity contribution is 5.92. The molecule has 1 saturated heterocycles. The molecule has 1 atom stereocenters. The Morgan fingerprint density at radius 2 is 1.96 bits per heavy atom. The van der Waals surface area contributed by atoms with Gasteiger partial charge in [-0.05, 0) is 12.0 Å². The summed E-state index contributed by atoms with van der Waals surface area (Å²) in [5, 5.41) is 0. The molecule has 0 bridgehead atoms. The molecule has 128 valence electrons. The minimum Gasteiger partial charge on any atom is -0.446 e. The fourth-order valence-electron chi connectivity index (χ4n) is 2.84. The zero-order chi connectivity index (χ0) is 16.9. The zero-order valence-corrected chi connectivity index (χ0v) is 14.0. The lowest BCUT2D eigenvalue weighted by molar-refractivity contribution is 0.0622. The highest BCUT2D eigenvalue weighted by Gasteiger charge is 2.25. The maximum Gasteiger partial charge on any atom is 0.275 e. The summed E-state index contributed by atoms with van der Waals surface area (Å²) < 4.78 is 5.34. The topological polar surface area (TPSA) is 75.6 Å². The van der Waals surface area contributed by atoms with Gasteiger partial charge in [0.1, 0.15) is 6.26 Å². The average molecular weight is 328 g/mol. The van der Waals surface area contributed by atoms with Crippen LogP contribution in [0, 0.1) is 0 Å². The largest absolute Gasteiger partial charge is 0.446 e. The number of oxazole rings is 1. The van der Waals surface area contributed by atoms with Crippen molar-refractivity contribution in [3.8, 4) is 0 Å². The van der Waals surface area contributed by atoms with Gasteiger partial charge in [-0.3, -0.25) is 9.69 Å². The molecule has 0 spiro atoms. The molecule has 6 heteroatoms.